The normalized spacial score (nSPS) is 34.0. The van der Waals surface area contributed by atoms with Crippen molar-refractivity contribution in [1.29, 1.82) is 0 Å². The van der Waals surface area contributed by atoms with E-state index in [1.165, 1.54) is 0 Å². The fourth-order valence-corrected chi connectivity index (χ4v) is 3.90. The first-order valence-electron chi connectivity index (χ1n) is 6.02. The number of carbonyl (C=O) groups is 1. The summed E-state index contributed by atoms with van der Waals surface area (Å²) in [5, 5.41) is 0. The summed E-state index contributed by atoms with van der Waals surface area (Å²) in [7, 11) is 0. The largest absolute Gasteiger partial charge is 0.444 e. The number of rotatable bonds is 0. The second-order valence-corrected chi connectivity index (χ2v) is 7.60. The van der Waals surface area contributed by atoms with Crippen LogP contribution in [0.4, 0.5) is 4.79 Å². The Kier molecular flexibility index (Phi) is 3.39. The molecule has 2 fully saturated rings. The van der Waals surface area contributed by atoms with Gasteiger partial charge >= 0.3 is 6.09 Å². The summed E-state index contributed by atoms with van der Waals surface area (Å²) < 4.78 is 6.21. The van der Waals surface area contributed by atoms with Gasteiger partial charge in [0.1, 0.15) is 5.60 Å². The van der Waals surface area contributed by atoms with Crippen LogP contribution in [0.5, 0.6) is 0 Å². The first-order valence-corrected chi connectivity index (χ1v) is 7.27. The van der Waals surface area contributed by atoms with Gasteiger partial charge in [0.2, 0.25) is 0 Å². The maximum Gasteiger partial charge on any atom is 0.410 e. The van der Waals surface area contributed by atoms with Gasteiger partial charge in [-0.2, -0.15) is 0 Å². The molecule has 92 valence electrons. The molecular weight excluding hydrogens is 317 g/mol. The molecule has 0 radical (unpaired) electrons. The predicted octanol–water partition coefficient (Wildman–Crippen LogP) is 3.35. The first kappa shape index (κ1) is 12.5. The van der Waals surface area contributed by atoms with Crippen LogP contribution in [0.15, 0.2) is 0 Å². The van der Waals surface area contributed by atoms with Gasteiger partial charge in [0, 0.05) is 16.0 Å². The summed E-state index contributed by atoms with van der Waals surface area (Å²) in [5.74, 6) is 0. The third kappa shape index (κ3) is 2.63. The Bertz CT molecular complexity index is 273. The minimum atomic E-state index is -0.377. The molecular formula is C12H20INO2. The number of alkyl halides is 1. The van der Waals surface area contributed by atoms with Gasteiger partial charge in [-0.1, -0.05) is 22.6 Å². The lowest BCUT2D eigenvalue weighted by atomic mass is 10.0. The van der Waals surface area contributed by atoms with Crippen LogP contribution in [-0.4, -0.2) is 32.6 Å². The Morgan fingerprint density at radius 2 is 1.75 bits per heavy atom. The number of nitrogens with zero attached hydrogens (tertiary/aromatic N) is 1. The molecule has 0 aromatic carbocycles. The number of carbonyl (C=O) groups excluding carboxylic acids is 1. The van der Waals surface area contributed by atoms with Crippen LogP contribution in [0, 0.1) is 0 Å². The van der Waals surface area contributed by atoms with Crippen LogP contribution in [0.2, 0.25) is 0 Å². The molecule has 2 atom stereocenters. The van der Waals surface area contributed by atoms with Gasteiger partial charge in [0.05, 0.1) is 0 Å². The molecule has 2 aliphatic heterocycles. The SMILES string of the molecule is CC(C)(C)OC(=O)N1C2CCC1CC(I)C2. The molecule has 2 heterocycles. The van der Waals surface area contributed by atoms with Crippen molar-refractivity contribution >= 4 is 28.7 Å². The standard InChI is InChI=1S/C12H20INO2/c1-12(2,3)16-11(15)14-9-4-5-10(14)7-8(13)6-9/h8-10H,4-7H2,1-3H3. The molecule has 16 heavy (non-hydrogen) atoms. The van der Waals surface area contributed by atoms with Crippen molar-refractivity contribution in [3.8, 4) is 0 Å². The van der Waals surface area contributed by atoms with Gasteiger partial charge in [-0.3, -0.25) is 0 Å². The molecule has 3 nitrogen and oxygen atoms in total. The maximum absolute atomic E-state index is 12.1. The average Bonchev–Trinajstić information content (AvgIpc) is 2.36. The van der Waals surface area contributed by atoms with E-state index in [1.54, 1.807) is 0 Å². The molecule has 4 heteroatoms. The van der Waals surface area contributed by atoms with E-state index in [0.29, 0.717) is 12.1 Å². The van der Waals surface area contributed by atoms with Crippen LogP contribution in [0.3, 0.4) is 0 Å². The minimum absolute atomic E-state index is 0.108. The smallest absolute Gasteiger partial charge is 0.410 e. The highest BCUT2D eigenvalue weighted by molar-refractivity contribution is 14.1. The Morgan fingerprint density at radius 1 is 1.25 bits per heavy atom. The highest BCUT2D eigenvalue weighted by atomic mass is 127. The van der Waals surface area contributed by atoms with Crippen molar-refractivity contribution < 1.29 is 9.53 Å². The van der Waals surface area contributed by atoms with Gasteiger partial charge in [0.15, 0.2) is 0 Å². The zero-order valence-corrected chi connectivity index (χ0v) is 12.4. The molecule has 2 rings (SSSR count). The van der Waals surface area contributed by atoms with Crippen LogP contribution in [0.25, 0.3) is 0 Å². The molecule has 2 saturated heterocycles. The van der Waals surface area contributed by atoms with Crippen molar-refractivity contribution in [3.05, 3.63) is 0 Å². The van der Waals surface area contributed by atoms with Gasteiger partial charge in [0.25, 0.3) is 0 Å². The number of hydrogen-bond donors (Lipinski definition) is 0. The van der Waals surface area contributed by atoms with Crippen molar-refractivity contribution in [2.75, 3.05) is 0 Å². The van der Waals surface area contributed by atoms with E-state index in [0.717, 1.165) is 29.6 Å². The Labute approximate surface area is 111 Å². The van der Waals surface area contributed by atoms with Crippen LogP contribution < -0.4 is 0 Å². The summed E-state index contributed by atoms with van der Waals surface area (Å²) in [5.41, 5.74) is -0.377. The maximum atomic E-state index is 12.1. The zero-order valence-electron chi connectivity index (χ0n) is 10.2. The monoisotopic (exact) mass is 337 g/mol. The van der Waals surface area contributed by atoms with E-state index in [-0.39, 0.29) is 11.7 Å². The van der Waals surface area contributed by atoms with Gasteiger partial charge in [-0.25, -0.2) is 4.79 Å². The summed E-state index contributed by atoms with van der Waals surface area (Å²) in [6.45, 7) is 5.79. The Hall–Kier alpha value is 0. The van der Waals surface area contributed by atoms with Gasteiger partial charge in [-0.15, -0.1) is 0 Å². The van der Waals surface area contributed by atoms with E-state index < -0.39 is 0 Å². The predicted molar refractivity (Wildman–Crippen MR) is 71.9 cm³/mol. The third-order valence-corrected chi connectivity index (χ3v) is 4.30. The number of ether oxygens (including phenoxy) is 1. The van der Waals surface area contributed by atoms with Gasteiger partial charge < -0.3 is 9.64 Å². The van der Waals surface area contributed by atoms with E-state index in [9.17, 15) is 4.79 Å². The van der Waals surface area contributed by atoms with E-state index in [2.05, 4.69) is 22.6 Å². The minimum Gasteiger partial charge on any atom is -0.444 e. The lowest BCUT2D eigenvalue weighted by Gasteiger charge is -2.37. The Balaban J connectivity index is 2.03. The molecule has 1 amide bonds. The molecule has 0 saturated carbocycles. The summed E-state index contributed by atoms with van der Waals surface area (Å²) in [6, 6.07) is 0.853. The highest BCUT2D eigenvalue weighted by Crippen LogP contribution is 2.39. The number of amides is 1. The number of hydrogen-bond acceptors (Lipinski definition) is 2. The van der Waals surface area contributed by atoms with E-state index in [4.69, 9.17) is 4.74 Å². The molecule has 0 N–H and O–H groups in total. The van der Waals surface area contributed by atoms with Crippen molar-refractivity contribution in [2.24, 2.45) is 0 Å². The van der Waals surface area contributed by atoms with Crippen LogP contribution in [0.1, 0.15) is 46.5 Å². The fourth-order valence-electron chi connectivity index (χ4n) is 2.72. The topological polar surface area (TPSA) is 29.5 Å². The fraction of sp³-hybridized carbons (Fsp3) is 0.917. The molecule has 2 bridgehead atoms. The van der Waals surface area contributed by atoms with Crippen LogP contribution >= 0.6 is 22.6 Å². The molecule has 2 unspecified atom stereocenters. The lowest BCUT2D eigenvalue weighted by Crippen LogP contribution is -2.48. The molecule has 0 spiro atoms. The van der Waals surface area contributed by atoms with E-state index in [1.807, 2.05) is 25.7 Å². The van der Waals surface area contributed by atoms with Crippen molar-refractivity contribution in [3.63, 3.8) is 0 Å². The first-order chi connectivity index (χ1) is 7.37. The second-order valence-electron chi connectivity index (χ2n) is 5.84. The molecule has 2 aliphatic rings. The Morgan fingerprint density at radius 3 is 2.19 bits per heavy atom. The second kappa shape index (κ2) is 4.35. The number of piperidine rings is 1. The van der Waals surface area contributed by atoms with Gasteiger partial charge in [-0.05, 0) is 46.5 Å². The number of fused-ring (bicyclic) bond motifs is 2. The highest BCUT2D eigenvalue weighted by Gasteiger charge is 2.44. The third-order valence-electron chi connectivity index (χ3n) is 3.28. The molecule has 0 aliphatic carbocycles. The van der Waals surface area contributed by atoms with Crippen molar-refractivity contribution in [1.82, 2.24) is 4.90 Å². The molecule has 0 aromatic rings. The summed E-state index contributed by atoms with van der Waals surface area (Å²) in [6.07, 6.45) is 4.47. The number of halogens is 1. The lowest BCUT2D eigenvalue weighted by molar-refractivity contribution is 0.00881. The zero-order chi connectivity index (χ0) is 11.9. The van der Waals surface area contributed by atoms with Crippen molar-refractivity contribution in [2.45, 2.75) is 68.1 Å². The average molecular weight is 337 g/mol. The van der Waals surface area contributed by atoms with Crippen LogP contribution in [-0.2, 0) is 4.74 Å². The summed E-state index contributed by atoms with van der Waals surface area (Å²) >= 11 is 2.51. The summed E-state index contributed by atoms with van der Waals surface area (Å²) in [4.78, 5) is 14.1. The molecule has 0 aromatic heterocycles. The quantitative estimate of drug-likeness (QED) is 0.501. The van der Waals surface area contributed by atoms with E-state index >= 15 is 0 Å².